The number of carbonyl (C=O) groups is 16. The fourth-order valence-electron chi connectivity index (χ4n) is 18.1. The van der Waals surface area contributed by atoms with Gasteiger partial charge in [-0.1, -0.05) is 51.4 Å². The van der Waals surface area contributed by atoms with E-state index in [0.717, 1.165) is 0 Å². The summed E-state index contributed by atoms with van der Waals surface area (Å²) in [4.78, 5) is 209. The van der Waals surface area contributed by atoms with Crippen molar-refractivity contribution in [2.75, 3.05) is 0 Å². The second-order valence-corrected chi connectivity index (χ2v) is 97.3. The third-order valence-electron chi connectivity index (χ3n) is 24.5. The zero-order chi connectivity index (χ0) is 96.3. The maximum atomic E-state index is 13.3. The molecule has 0 aromatic carbocycles. The van der Waals surface area contributed by atoms with Crippen LogP contribution in [0.4, 0.5) is 0 Å². The van der Waals surface area contributed by atoms with Gasteiger partial charge in [-0.2, -0.15) is 0 Å². The van der Waals surface area contributed by atoms with Gasteiger partial charge in [-0.15, -0.1) is 0 Å². The smallest absolute Gasteiger partial charge is 0.395 e. The van der Waals surface area contributed by atoms with Gasteiger partial charge in [0.05, 0.1) is 98.7 Å². The van der Waals surface area contributed by atoms with Crippen LogP contribution in [0.25, 0.3) is 0 Å². The number of hydrogen-bond acceptors (Lipinski definition) is 44. The van der Waals surface area contributed by atoms with Crippen molar-refractivity contribution in [1.82, 2.24) is 0 Å². The molecular weight excluding hydrogens is 2020 g/mol. The van der Waals surface area contributed by atoms with Crippen LogP contribution in [0.2, 0.25) is 153 Å². The lowest BCUT2D eigenvalue weighted by Crippen LogP contribution is -2.93. The minimum absolute atomic E-state index is 0.0620. The molecule has 0 N–H and O–H groups in total. The molecule has 0 aromatic rings. The SMILES string of the molecule is C[Si](C)(CCCC1CC(=O)OC1=O)O[Si]12O[Si]3(O[Si](C)(C)CCCC4CC(=O)OC4=O)O[Si]4(O[Si](C)(C)CCCC5CC(=O)OC5=O)O[Si](O[Si](C)(C)CCCC5CC(=O)OC5=O)(O1)O[Si]1(O[Si](C)(C)CCCC5CC(=O)OC5=O)O[Si](O[Si](C)(C)CCCC5CC(=O)OC5=O)(O2)O[Si](O[Si](C)(C)CCCC2CC(=O)OC2=O)(O3)O[Si](O[Si](C)(C)CCCC2CC(=O)OC2=O)(O4)O1. The molecule has 8 bridgehead atoms. The molecule has 8 unspecified atom stereocenters. The molecular formula is C72H120O44Si16. The van der Waals surface area contributed by atoms with E-state index in [2.05, 4.69) is 0 Å². The second-order valence-electron chi connectivity index (χ2n) is 40.8. The van der Waals surface area contributed by atoms with Gasteiger partial charge in [0.2, 0.25) is 0 Å². The van der Waals surface area contributed by atoms with Crippen molar-refractivity contribution in [3.05, 3.63) is 0 Å². The van der Waals surface area contributed by atoms with Crippen molar-refractivity contribution in [3.63, 3.8) is 0 Å². The first-order chi connectivity index (χ1) is 61.2. The van der Waals surface area contributed by atoms with Crippen LogP contribution in [0.3, 0.4) is 0 Å². The molecule has 14 aliphatic rings. The van der Waals surface area contributed by atoms with E-state index >= 15 is 0 Å². The first-order valence-electron chi connectivity index (χ1n) is 45.2. The molecule has 736 valence electrons. The van der Waals surface area contributed by atoms with E-state index in [9.17, 15) is 76.7 Å². The number of ether oxygens (including phenoxy) is 8. The van der Waals surface area contributed by atoms with Crippen molar-refractivity contribution in [1.29, 1.82) is 0 Å². The quantitative estimate of drug-likeness (QED) is 0.0238. The zero-order valence-corrected chi connectivity index (χ0v) is 93.2. The predicted molar refractivity (Wildman–Crippen MR) is 474 cm³/mol. The Balaban J connectivity index is 1.09. The maximum absolute atomic E-state index is 13.3. The summed E-state index contributed by atoms with van der Waals surface area (Å²) in [5.41, 5.74) is 0. The molecule has 0 aliphatic carbocycles. The van der Waals surface area contributed by atoms with E-state index in [0.29, 0.717) is 0 Å². The fourth-order valence-corrected chi connectivity index (χ4v) is 92.1. The van der Waals surface area contributed by atoms with E-state index in [1.54, 1.807) is 105 Å². The standard InChI is InChI=1S/C72H120O44Si16/c1-117(2,33-17-25-49-41-57(73)89-65(49)81)97-125-105-126(98-118(3,4)34-18-26-50-42-58(74)90-66(50)82)108-129(101-121(9,10)37-21-29-53-45-61(77)93-69(53)85)110-127(106-125,99-119(5,6)35-19-27-51-43-59(75)91-67(51)83)112-131(103-123(13,14)39-23-31-55-47-63(79)95-71(55)87)113-128(107-125,100-120(7,8)36-20-28-52-44-60(76)92-68(52)84)111-130(109-126,102-122(11,12)38-22-30-54-46-62(78)94-70(54)86)115-132(114-129,116-131)104-124(15,16)40-24-32-56-48-64(80)96-72(56)88/h49-56H,17-48H2,1-16H3. The third-order valence-corrected chi connectivity index (χ3v) is 86.7. The Kier molecular flexibility index (Phi) is 31.9. The fraction of sp³-hybridized carbons (Fsp3) is 0.778. The highest BCUT2D eigenvalue weighted by Gasteiger charge is 2.93. The molecule has 132 heavy (non-hydrogen) atoms. The molecule has 14 aliphatic heterocycles. The van der Waals surface area contributed by atoms with Crippen molar-refractivity contribution in [2.45, 2.75) is 307 Å². The Morgan fingerprint density at radius 3 is 0.348 bits per heavy atom. The first-order valence-corrected chi connectivity index (χ1v) is 83.2. The summed E-state index contributed by atoms with van der Waals surface area (Å²) < 4.78 is 201. The van der Waals surface area contributed by atoms with Crippen LogP contribution in [-0.2, 0) is 197 Å². The summed E-state index contributed by atoms with van der Waals surface area (Å²) in [5, 5.41) is 0. The average molecular weight is 2140 g/mol. The molecule has 8 atom stereocenters. The summed E-state index contributed by atoms with van der Waals surface area (Å²) in [6, 6.07) is 0.496. The Hall–Kier alpha value is -4.21. The third kappa shape index (κ3) is 27.3. The van der Waals surface area contributed by atoms with E-state index in [4.69, 9.17) is 120 Å². The zero-order valence-electron chi connectivity index (χ0n) is 77.2. The van der Waals surface area contributed by atoms with Crippen LogP contribution in [0.5, 0.6) is 0 Å². The largest absolute Gasteiger partial charge is 0.651 e. The highest BCUT2D eigenvalue weighted by molar-refractivity contribution is 7.05. The number of rotatable bonds is 48. The summed E-state index contributed by atoms with van der Waals surface area (Å²) >= 11 is 0. The Morgan fingerprint density at radius 2 is 0.273 bits per heavy atom. The van der Waals surface area contributed by atoms with Crippen LogP contribution in [0.1, 0.15) is 154 Å². The van der Waals surface area contributed by atoms with Gasteiger partial charge in [0, 0.05) is 0 Å². The van der Waals surface area contributed by atoms with Crippen molar-refractivity contribution in [2.24, 2.45) is 47.3 Å². The van der Waals surface area contributed by atoms with Crippen molar-refractivity contribution >= 4 is 234 Å². The highest BCUT2D eigenvalue weighted by atomic mass is 28.7. The minimum atomic E-state index is -6.20. The van der Waals surface area contributed by atoms with Crippen LogP contribution in [0, 0.1) is 47.3 Å². The van der Waals surface area contributed by atoms with Crippen LogP contribution in [0.15, 0.2) is 0 Å². The van der Waals surface area contributed by atoms with Gasteiger partial charge in [0.15, 0.2) is 66.5 Å². The van der Waals surface area contributed by atoms with Crippen LogP contribution >= 0.6 is 0 Å². The van der Waals surface area contributed by atoms with Crippen LogP contribution < -0.4 is 0 Å². The Bertz CT molecular complexity index is 3650. The summed E-state index contributed by atoms with van der Waals surface area (Å²) in [5.74, 6) is -18.6. The van der Waals surface area contributed by atoms with Gasteiger partial charge in [0.1, 0.15) is 0 Å². The molecule has 14 fully saturated rings. The van der Waals surface area contributed by atoms with Gasteiger partial charge < -0.3 is 120 Å². The second kappa shape index (κ2) is 40.1. The molecule has 0 amide bonds. The monoisotopic (exact) mass is 2140 g/mol. The molecule has 0 radical (unpaired) electrons. The molecule has 60 heteroatoms. The van der Waals surface area contributed by atoms with E-state index in [-0.39, 0.29) is 202 Å². The minimum Gasteiger partial charge on any atom is -0.395 e. The number of hydrogen-bond donors (Lipinski definition) is 0. The molecule has 0 spiro atoms. The van der Waals surface area contributed by atoms with E-state index < -0.39 is 282 Å². The highest BCUT2D eigenvalue weighted by Crippen LogP contribution is 2.56. The van der Waals surface area contributed by atoms with Crippen molar-refractivity contribution in [3.8, 4) is 0 Å². The number of cyclic esters (lactones) is 16. The topological polar surface area (TPSA) is 532 Å². The maximum Gasteiger partial charge on any atom is 0.651 e. The van der Waals surface area contributed by atoms with E-state index in [1.807, 2.05) is 0 Å². The first kappa shape index (κ1) is 105. The van der Waals surface area contributed by atoms with Gasteiger partial charge in [-0.05, 0) is 204 Å². The molecule has 44 nitrogen and oxygen atoms in total. The molecule has 14 rings (SSSR count). The van der Waals surface area contributed by atoms with Gasteiger partial charge >= 0.3 is 168 Å². The van der Waals surface area contributed by atoms with Crippen LogP contribution in [-0.4, -0.2) is 234 Å². The van der Waals surface area contributed by atoms with Gasteiger partial charge in [-0.3, -0.25) is 76.7 Å². The van der Waals surface area contributed by atoms with Gasteiger partial charge in [0.25, 0.3) is 0 Å². The lowest BCUT2D eigenvalue weighted by molar-refractivity contribution is -0.155. The molecule has 14 saturated heterocycles. The molecule has 0 saturated carbocycles. The number of carbonyl (C=O) groups excluding carboxylic acids is 16. The predicted octanol–water partition coefficient (Wildman–Crippen LogP) is 8.47. The Labute approximate surface area is 780 Å². The Morgan fingerprint density at radius 1 is 0.182 bits per heavy atom. The number of esters is 16. The molecule has 14 heterocycles. The summed E-state index contributed by atoms with van der Waals surface area (Å²) in [6.45, 7) is 28.2. The molecule has 0 aromatic heterocycles. The summed E-state index contributed by atoms with van der Waals surface area (Å²) in [6.07, 6.45) is 0.214. The lowest BCUT2D eigenvalue weighted by Gasteiger charge is -2.61. The lowest BCUT2D eigenvalue weighted by atomic mass is 10.0. The summed E-state index contributed by atoms with van der Waals surface area (Å²) in [7, 11) is -81.0. The van der Waals surface area contributed by atoms with Crippen molar-refractivity contribution < 1.29 is 197 Å². The average Bonchev–Trinajstić information content (AvgIpc) is 0.884. The van der Waals surface area contributed by atoms with Gasteiger partial charge in [-0.25, -0.2) is 0 Å². The normalized spacial score (nSPS) is 33.6. The van der Waals surface area contributed by atoms with E-state index in [1.165, 1.54) is 0 Å².